The minimum absolute atomic E-state index is 0.0609. The van der Waals surface area contributed by atoms with Crippen LogP contribution in [0.5, 0.6) is 0 Å². The van der Waals surface area contributed by atoms with Crippen molar-refractivity contribution < 1.29 is 4.79 Å². The normalized spacial score (nSPS) is 19.6. The lowest BCUT2D eigenvalue weighted by atomic mass is 10.1. The zero-order valence-electron chi connectivity index (χ0n) is 11.2. The van der Waals surface area contributed by atoms with Crippen molar-refractivity contribution in [3.63, 3.8) is 0 Å². The molecule has 2 N–H and O–H groups in total. The van der Waals surface area contributed by atoms with E-state index in [9.17, 15) is 4.79 Å². The molecule has 19 heavy (non-hydrogen) atoms. The number of anilines is 1. The Morgan fingerprint density at radius 1 is 1.32 bits per heavy atom. The monoisotopic (exact) mass is 281 g/mol. The van der Waals surface area contributed by atoms with E-state index < -0.39 is 0 Å². The van der Waals surface area contributed by atoms with Gasteiger partial charge in [0.2, 0.25) is 0 Å². The summed E-state index contributed by atoms with van der Waals surface area (Å²) >= 11 is 5.82. The van der Waals surface area contributed by atoms with Crippen LogP contribution in [0.15, 0.2) is 24.3 Å². The summed E-state index contributed by atoms with van der Waals surface area (Å²) < 4.78 is 0. The summed E-state index contributed by atoms with van der Waals surface area (Å²) in [6.07, 6.45) is 3.17. The Kier molecular flexibility index (Phi) is 5.05. The molecule has 5 heteroatoms. The third-order valence-electron chi connectivity index (χ3n) is 3.51. The standard InChI is InChI=1S/C14H20ClN3O/c1-18(13-3-2-9-16-10-8-13)14(19)17-12-6-4-11(15)5-7-12/h4-7,13,16H,2-3,8-10H2,1H3,(H,17,19). The van der Waals surface area contributed by atoms with E-state index in [1.54, 1.807) is 12.1 Å². The van der Waals surface area contributed by atoms with E-state index in [2.05, 4.69) is 10.6 Å². The summed E-state index contributed by atoms with van der Waals surface area (Å²) in [5.74, 6) is 0. The van der Waals surface area contributed by atoms with Crippen molar-refractivity contribution in [2.75, 3.05) is 25.5 Å². The van der Waals surface area contributed by atoms with Crippen molar-refractivity contribution in [2.24, 2.45) is 0 Å². The molecule has 1 aliphatic heterocycles. The van der Waals surface area contributed by atoms with E-state index in [0.29, 0.717) is 11.1 Å². The highest BCUT2D eigenvalue weighted by molar-refractivity contribution is 6.30. The van der Waals surface area contributed by atoms with Gasteiger partial charge in [0.25, 0.3) is 0 Å². The van der Waals surface area contributed by atoms with Crippen LogP contribution >= 0.6 is 11.6 Å². The molecule has 1 atom stereocenters. The SMILES string of the molecule is CN(C(=O)Nc1ccc(Cl)cc1)C1CCCNCC1. The molecule has 0 aliphatic carbocycles. The summed E-state index contributed by atoms with van der Waals surface area (Å²) in [7, 11) is 1.86. The number of amides is 2. The van der Waals surface area contributed by atoms with E-state index >= 15 is 0 Å². The second kappa shape index (κ2) is 6.78. The van der Waals surface area contributed by atoms with Crippen LogP contribution in [0.4, 0.5) is 10.5 Å². The summed E-state index contributed by atoms with van der Waals surface area (Å²) in [6, 6.07) is 7.40. The first-order valence-corrected chi connectivity index (χ1v) is 7.05. The van der Waals surface area contributed by atoms with Gasteiger partial charge in [-0.25, -0.2) is 4.79 Å². The molecule has 1 aliphatic rings. The minimum Gasteiger partial charge on any atom is -0.325 e. The summed E-state index contributed by atoms with van der Waals surface area (Å²) in [5.41, 5.74) is 0.771. The zero-order valence-corrected chi connectivity index (χ0v) is 11.9. The molecule has 1 aromatic rings. The number of rotatable bonds is 2. The maximum Gasteiger partial charge on any atom is 0.321 e. The summed E-state index contributed by atoms with van der Waals surface area (Å²) in [4.78, 5) is 14.0. The van der Waals surface area contributed by atoms with Crippen LogP contribution in [0.3, 0.4) is 0 Å². The Bertz CT molecular complexity index is 413. The third kappa shape index (κ3) is 4.11. The van der Waals surface area contributed by atoms with E-state index in [0.717, 1.165) is 38.0 Å². The molecule has 1 fully saturated rings. The van der Waals surface area contributed by atoms with E-state index in [1.807, 2.05) is 24.1 Å². The molecule has 1 unspecified atom stereocenters. The molecule has 104 valence electrons. The highest BCUT2D eigenvalue weighted by atomic mass is 35.5. The van der Waals surface area contributed by atoms with Crippen LogP contribution < -0.4 is 10.6 Å². The average Bonchev–Trinajstić information content (AvgIpc) is 2.69. The van der Waals surface area contributed by atoms with Gasteiger partial charge in [0, 0.05) is 23.8 Å². The first kappa shape index (κ1) is 14.2. The van der Waals surface area contributed by atoms with E-state index in [-0.39, 0.29) is 6.03 Å². The molecular weight excluding hydrogens is 262 g/mol. The Labute approximate surface area is 119 Å². The van der Waals surface area contributed by atoms with Crippen LogP contribution in [0.1, 0.15) is 19.3 Å². The second-order valence-electron chi connectivity index (χ2n) is 4.88. The Hall–Kier alpha value is -1.26. The molecule has 0 radical (unpaired) electrons. The quantitative estimate of drug-likeness (QED) is 0.875. The minimum atomic E-state index is -0.0609. The second-order valence-corrected chi connectivity index (χ2v) is 5.32. The number of halogens is 1. The molecule has 1 aromatic carbocycles. The fraction of sp³-hybridized carbons (Fsp3) is 0.500. The fourth-order valence-electron chi connectivity index (χ4n) is 2.30. The lowest BCUT2D eigenvalue weighted by Crippen LogP contribution is -2.40. The molecule has 0 aromatic heterocycles. The molecule has 1 heterocycles. The van der Waals surface area contributed by atoms with Gasteiger partial charge in [0.15, 0.2) is 0 Å². The van der Waals surface area contributed by atoms with Crippen molar-refractivity contribution in [2.45, 2.75) is 25.3 Å². The zero-order chi connectivity index (χ0) is 13.7. The van der Waals surface area contributed by atoms with Crippen LogP contribution in [-0.2, 0) is 0 Å². The number of urea groups is 1. The Morgan fingerprint density at radius 3 is 2.79 bits per heavy atom. The molecule has 0 spiro atoms. The lowest BCUT2D eigenvalue weighted by Gasteiger charge is -2.27. The van der Waals surface area contributed by atoms with Gasteiger partial charge < -0.3 is 15.5 Å². The van der Waals surface area contributed by atoms with Crippen LogP contribution in [0.25, 0.3) is 0 Å². The molecule has 0 saturated carbocycles. The van der Waals surface area contributed by atoms with Gasteiger partial charge >= 0.3 is 6.03 Å². The number of carbonyl (C=O) groups is 1. The van der Waals surface area contributed by atoms with Crippen molar-refractivity contribution in [3.8, 4) is 0 Å². The first-order chi connectivity index (χ1) is 9.16. The largest absolute Gasteiger partial charge is 0.325 e. The number of hydrogen-bond donors (Lipinski definition) is 2. The molecule has 4 nitrogen and oxygen atoms in total. The number of carbonyl (C=O) groups excluding carboxylic acids is 1. The third-order valence-corrected chi connectivity index (χ3v) is 3.76. The summed E-state index contributed by atoms with van der Waals surface area (Å²) in [6.45, 7) is 2.02. The predicted octanol–water partition coefficient (Wildman–Crippen LogP) is 2.95. The fourth-order valence-corrected chi connectivity index (χ4v) is 2.42. The van der Waals surface area contributed by atoms with Crippen molar-refractivity contribution in [1.29, 1.82) is 0 Å². The van der Waals surface area contributed by atoms with Gasteiger partial charge in [-0.3, -0.25) is 0 Å². The maximum absolute atomic E-state index is 12.2. The van der Waals surface area contributed by atoms with Crippen molar-refractivity contribution in [3.05, 3.63) is 29.3 Å². The molecular formula is C14H20ClN3O. The average molecular weight is 282 g/mol. The lowest BCUT2D eigenvalue weighted by molar-refractivity contribution is 0.198. The van der Waals surface area contributed by atoms with E-state index in [1.165, 1.54) is 0 Å². The van der Waals surface area contributed by atoms with Gasteiger partial charge in [-0.1, -0.05) is 11.6 Å². The number of nitrogens with one attached hydrogen (secondary N) is 2. The van der Waals surface area contributed by atoms with Gasteiger partial charge in [0.1, 0.15) is 0 Å². The number of hydrogen-bond acceptors (Lipinski definition) is 2. The van der Waals surface area contributed by atoms with Crippen LogP contribution in [-0.4, -0.2) is 37.1 Å². The van der Waals surface area contributed by atoms with Gasteiger partial charge in [-0.15, -0.1) is 0 Å². The first-order valence-electron chi connectivity index (χ1n) is 6.67. The van der Waals surface area contributed by atoms with E-state index in [4.69, 9.17) is 11.6 Å². The molecule has 0 bridgehead atoms. The van der Waals surface area contributed by atoms with Crippen molar-refractivity contribution >= 4 is 23.3 Å². The number of nitrogens with zero attached hydrogens (tertiary/aromatic N) is 1. The highest BCUT2D eigenvalue weighted by Crippen LogP contribution is 2.16. The Balaban J connectivity index is 1.92. The van der Waals surface area contributed by atoms with Gasteiger partial charge in [-0.2, -0.15) is 0 Å². The smallest absolute Gasteiger partial charge is 0.321 e. The van der Waals surface area contributed by atoms with Crippen LogP contribution in [0, 0.1) is 0 Å². The molecule has 1 saturated heterocycles. The van der Waals surface area contributed by atoms with Gasteiger partial charge in [-0.05, 0) is 56.6 Å². The molecule has 2 amide bonds. The van der Waals surface area contributed by atoms with Crippen molar-refractivity contribution in [1.82, 2.24) is 10.2 Å². The maximum atomic E-state index is 12.2. The van der Waals surface area contributed by atoms with Crippen LogP contribution in [0.2, 0.25) is 5.02 Å². The van der Waals surface area contributed by atoms with Gasteiger partial charge in [0.05, 0.1) is 0 Å². The highest BCUT2D eigenvalue weighted by Gasteiger charge is 2.20. The molecule has 2 rings (SSSR count). The summed E-state index contributed by atoms with van der Waals surface area (Å²) in [5, 5.41) is 6.92. The topological polar surface area (TPSA) is 44.4 Å². The Morgan fingerprint density at radius 2 is 2.05 bits per heavy atom. The predicted molar refractivity (Wildman–Crippen MR) is 78.7 cm³/mol. The number of benzene rings is 1.